The van der Waals surface area contributed by atoms with Crippen molar-refractivity contribution in [3.05, 3.63) is 47.7 Å². The number of benzene rings is 1. The van der Waals surface area contributed by atoms with Crippen LogP contribution in [0.3, 0.4) is 0 Å². The highest BCUT2D eigenvalue weighted by Crippen LogP contribution is 2.45. The molecular weight excluding hydrogens is 328 g/mol. The van der Waals surface area contributed by atoms with E-state index in [-0.39, 0.29) is 18.1 Å². The molecule has 2 aromatic rings. The monoisotopic (exact) mass is 352 g/mol. The maximum Gasteiger partial charge on any atom is 0.323 e. The van der Waals surface area contributed by atoms with Crippen molar-refractivity contribution in [2.24, 2.45) is 0 Å². The summed E-state index contributed by atoms with van der Waals surface area (Å²) in [5, 5.41) is 18.7. The Kier molecular flexibility index (Phi) is 3.57. The smallest absolute Gasteiger partial charge is 0.323 e. The van der Waals surface area contributed by atoms with E-state index in [2.05, 4.69) is 10.4 Å². The molecule has 0 radical (unpaired) electrons. The molecule has 5 rings (SSSR count). The Morgan fingerprint density at radius 1 is 1.19 bits per heavy atom. The first kappa shape index (κ1) is 15.9. The van der Waals surface area contributed by atoms with E-state index in [1.54, 1.807) is 0 Å². The minimum absolute atomic E-state index is 0.0772. The Bertz CT molecular complexity index is 796. The highest BCUT2D eigenvalue weighted by atomic mass is 16.3. The highest BCUT2D eigenvalue weighted by molar-refractivity contribution is 5.89. The first-order chi connectivity index (χ1) is 12.6. The number of hydrogen-bond donors (Lipinski definition) is 2. The van der Waals surface area contributed by atoms with Crippen molar-refractivity contribution in [2.75, 3.05) is 5.32 Å². The predicted molar refractivity (Wildman–Crippen MR) is 97.8 cm³/mol. The number of rotatable bonds is 2. The Labute approximate surface area is 152 Å². The summed E-state index contributed by atoms with van der Waals surface area (Å²) in [7, 11) is 0. The van der Waals surface area contributed by atoms with Crippen molar-refractivity contribution in [2.45, 2.75) is 62.8 Å². The highest BCUT2D eigenvalue weighted by Gasteiger charge is 2.50. The molecule has 3 aliphatic heterocycles. The van der Waals surface area contributed by atoms with Gasteiger partial charge in [0.1, 0.15) is 0 Å². The average molecular weight is 352 g/mol. The molecule has 1 aromatic carbocycles. The number of anilines is 1. The van der Waals surface area contributed by atoms with E-state index in [0.717, 1.165) is 37.8 Å². The first-order valence-corrected chi connectivity index (χ1v) is 9.56. The molecule has 6 heteroatoms. The fraction of sp³-hybridized carbons (Fsp3) is 0.500. The molecule has 2 fully saturated rings. The molecule has 4 heterocycles. The van der Waals surface area contributed by atoms with Crippen LogP contribution in [0.4, 0.5) is 10.6 Å². The molecule has 2 bridgehead atoms. The number of carbonyl (C=O) groups excluding carboxylic acids is 1. The van der Waals surface area contributed by atoms with Crippen LogP contribution in [0.2, 0.25) is 0 Å². The lowest BCUT2D eigenvalue weighted by atomic mass is 9.80. The number of hydrogen-bond acceptors (Lipinski definition) is 3. The van der Waals surface area contributed by atoms with Gasteiger partial charge in [-0.15, -0.1) is 0 Å². The van der Waals surface area contributed by atoms with Crippen LogP contribution in [0, 0.1) is 0 Å². The topological polar surface area (TPSA) is 70.4 Å². The summed E-state index contributed by atoms with van der Waals surface area (Å²) in [6.07, 6.45) is 5.26. The quantitative estimate of drug-likeness (QED) is 0.873. The number of fused-ring (bicyclic) bond motifs is 3. The van der Waals surface area contributed by atoms with Gasteiger partial charge in [-0.2, -0.15) is 5.10 Å². The van der Waals surface area contributed by atoms with Crippen LogP contribution in [-0.2, 0) is 18.6 Å². The van der Waals surface area contributed by atoms with Gasteiger partial charge in [0.05, 0.1) is 5.60 Å². The van der Waals surface area contributed by atoms with Crippen LogP contribution in [0.1, 0.15) is 43.4 Å². The molecule has 2 amide bonds. The van der Waals surface area contributed by atoms with Gasteiger partial charge in [-0.05, 0) is 31.2 Å². The largest absolute Gasteiger partial charge is 0.385 e. The fourth-order valence-corrected chi connectivity index (χ4v) is 5.04. The first-order valence-electron chi connectivity index (χ1n) is 9.56. The van der Waals surface area contributed by atoms with Crippen LogP contribution in [0.15, 0.2) is 36.4 Å². The van der Waals surface area contributed by atoms with Crippen molar-refractivity contribution < 1.29 is 9.90 Å². The van der Waals surface area contributed by atoms with Crippen molar-refractivity contribution >= 4 is 11.8 Å². The molecule has 2 saturated heterocycles. The standard InChI is InChI=1S/C20H24N4O2/c25-19(21-18-11-15-7-4-10-23(15)22-18)24-16-8-9-17(24)13-20(26,12-16)14-5-2-1-3-6-14/h1-3,5-6,11,16-17,26H,4,7-10,12-13H2,(H,21,22,25). The SMILES string of the molecule is O=C(Nc1cc2n(n1)CCC2)N1C2CCC1CC(O)(c1ccccc1)C2. The summed E-state index contributed by atoms with van der Waals surface area (Å²) in [6, 6.07) is 11.9. The zero-order chi connectivity index (χ0) is 17.7. The minimum Gasteiger partial charge on any atom is -0.385 e. The lowest BCUT2D eigenvalue weighted by Gasteiger charge is -2.43. The second-order valence-electron chi connectivity index (χ2n) is 7.88. The lowest BCUT2D eigenvalue weighted by Crippen LogP contribution is -2.53. The van der Waals surface area contributed by atoms with Crippen LogP contribution in [0.5, 0.6) is 0 Å². The number of nitrogens with one attached hydrogen (secondary N) is 1. The second kappa shape index (κ2) is 5.84. The van der Waals surface area contributed by atoms with E-state index in [4.69, 9.17) is 0 Å². The normalized spacial score (nSPS) is 29.7. The lowest BCUT2D eigenvalue weighted by molar-refractivity contribution is -0.0422. The number of urea groups is 1. The molecule has 2 atom stereocenters. The maximum atomic E-state index is 12.9. The zero-order valence-corrected chi connectivity index (χ0v) is 14.8. The number of amides is 2. The number of aryl methyl sites for hydroxylation is 2. The number of aromatic nitrogens is 2. The maximum absolute atomic E-state index is 12.9. The fourth-order valence-electron chi connectivity index (χ4n) is 5.04. The van der Waals surface area contributed by atoms with Crippen molar-refractivity contribution in [1.29, 1.82) is 0 Å². The predicted octanol–water partition coefficient (Wildman–Crippen LogP) is 2.88. The Balaban J connectivity index is 1.33. The van der Waals surface area contributed by atoms with Gasteiger partial charge in [0.25, 0.3) is 0 Å². The van der Waals surface area contributed by atoms with Crippen LogP contribution >= 0.6 is 0 Å². The Morgan fingerprint density at radius 2 is 1.92 bits per heavy atom. The summed E-state index contributed by atoms with van der Waals surface area (Å²) >= 11 is 0. The van der Waals surface area contributed by atoms with Crippen LogP contribution < -0.4 is 5.32 Å². The van der Waals surface area contributed by atoms with Gasteiger partial charge in [0.15, 0.2) is 5.82 Å². The molecule has 1 aromatic heterocycles. The van der Waals surface area contributed by atoms with Crippen LogP contribution in [0.25, 0.3) is 0 Å². The summed E-state index contributed by atoms with van der Waals surface area (Å²) in [4.78, 5) is 14.8. The van der Waals surface area contributed by atoms with Gasteiger partial charge >= 0.3 is 6.03 Å². The third kappa shape index (κ3) is 2.51. The average Bonchev–Trinajstić information content (AvgIpc) is 3.28. The van der Waals surface area contributed by atoms with Crippen molar-refractivity contribution in [1.82, 2.24) is 14.7 Å². The molecule has 2 N–H and O–H groups in total. The van der Waals surface area contributed by atoms with Gasteiger partial charge < -0.3 is 10.0 Å². The van der Waals surface area contributed by atoms with Gasteiger partial charge in [-0.25, -0.2) is 4.79 Å². The van der Waals surface area contributed by atoms with E-state index < -0.39 is 5.60 Å². The molecule has 2 unspecified atom stereocenters. The van der Waals surface area contributed by atoms with Gasteiger partial charge in [-0.1, -0.05) is 30.3 Å². The third-order valence-electron chi connectivity index (χ3n) is 6.21. The molecule has 0 aliphatic carbocycles. The van der Waals surface area contributed by atoms with Crippen LogP contribution in [-0.4, -0.2) is 37.9 Å². The number of aliphatic hydroxyl groups is 1. The van der Waals surface area contributed by atoms with E-state index in [9.17, 15) is 9.90 Å². The number of carbonyl (C=O) groups is 1. The minimum atomic E-state index is -0.834. The molecular formula is C20H24N4O2. The van der Waals surface area contributed by atoms with Gasteiger partial charge in [0.2, 0.25) is 0 Å². The van der Waals surface area contributed by atoms with E-state index in [1.165, 1.54) is 5.69 Å². The molecule has 6 nitrogen and oxygen atoms in total. The van der Waals surface area contributed by atoms with E-state index >= 15 is 0 Å². The molecule has 26 heavy (non-hydrogen) atoms. The zero-order valence-electron chi connectivity index (χ0n) is 14.8. The molecule has 3 aliphatic rings. The van der Waals surface area contributed by atoms with E-state index in [1.807, 2.05) is 46.0 Å². The Hall–Kier alpha value is -2.34. The third-order valence-corrected chi connectivity index (χ3v) is 6.21. The molecule has 136 valence electrons. The summed E-state index contributed by atoms with van der Waals surface area (Å²) < 4.78 is 1.98. The number of nitrogens with zero attached hydrogens (tertiary/aromatic N) is 3. The van der Waals surface area contributed by atoms with Crippen molar-refractivity contribution in [3.63, 3.8) is 0 Å². The van der Waals surface area contributed by atoms with Gasteiger partial charge in [-0.3, -0.25) is 10.00 Å². The van der Waals surface area contributed by atoms with E-state index in [0.29, 0.717) is 18.7 Å². The second-order valence-corrected chi connectivity index (χ2v) is 7.88. The summed E-state index contributed by atoms with van der Waals surface area (Å²) in [6.45, 7) is 0.935. The Morgan fingerprint density at radius 3 is 2.62 bits per heavy atom. The molecule has 0 saturated carbocycles. The molecule has 0 spiro atoms. The summed E-state index contributed by atoms with van der Waals surface area (Å²) in [5.74, 6) is 0.646. The van der Waals surface area contributed by atoms with Crippen molar-refractivity contribution in [3.8, 4) is 0 Å². The number of piperidine rings is 1. The summed E-state index contributed by atoms with van der Waals surface area (Å²) in [5.41, 5.74) is 1.32. The van der Waals surface area contributed by atoms with Gasteiger partial charge in [0, 0.05) is 43.2 Å².